The summed E-state index contributed by atoms with van der Waals surface area (Å²) in [6, 6.07) is 0. The van der Waals surface area contributed by atoms with E-state index < -0.39 is 11.4 Å². The summed E-state index contributed by atoms with van der Waals surface area (Å²) in [7, 11) is 0. The molecule has 2 rings (SSSR count). The predicted octanol–water partition coefficient (Wildman–Crippen LogP) is 2.30. The molecule has 1 aliphatic heterocycles. The van der Waals surface area contributed by atoms with Gasteiger partial charge in [-0.3, -0.25) is 4.79 Å². The molecule has 3 heteroatoms. The van der Waals surface area contributed by atoms with Gasteiger partial charge < -0.3 is 9.84 Å². The molecule has 0 spiro atoms. The first-order valence-electron chi connectivity index (χ1n) is 5.77. The van der Waals surface area contributed by atoms with Gasteiger partial charge >= 0.3 is 5.97 Å². The van der Waals surface area contributed by atoms with Crippen LogP contribution in [0.2, 0.25) is 0 Å². The van der Waals surface area contributed by atoms with Gasteiger partial charge in [0.15, 0.2) is 0 Å². The normalized spacial score (nSPS) is 29.5. The van der Waals surface area contributed by atoms with E-state index in [1.54, 1.807) is 0 Å². The molecule has 1 saturated carbocycles. The largest absolute Gasteiger partial charge is 0.481 e. The van der Waals surface area contributed by atoms with Crippen LogP contribution in [0.3, 0.4) is 0 Å². The Bertz CT molecular complexity index is 256. The first-order chi connectivity index (χ1) is 6.96. The Hall–Kier alpha value is -0.570. The van der Waals surface area contributed by atoms with Gasteiger partial charge in [0.1, 0.15) is 0 Å². The summed E-state index contributed by atoms with van der Waals surface area (Å²) in [6.45, 7) is 5.79. The zero-order chi connectivity index (χ0) is 11.1. The summed E-state index contributed by atoms with van der Waals surface area (Å²) in [5.41, 5.74) is -0.218. The van der Waals surface area contributed by atoms with Gasteiger partial charge in [-0.2, -0.15) is 0 Å². The molecule has 0 amide bonds. The Labute approximate surface area is 90.8 Å². The van der Waals surface area contributed by atoms with E-state index in [0.29, 0.717) is 5.92 Å². The number of carboxylic acids is 1. The number of rotatable bonds is 2. The van der Waals surface area contributed by atoms with Crippen molar-refractivity contribution in [1.82, 2.24) is 0 Å². The Balaban J connectivity index is 2.10. The summed E-state index contributed by atoms with van der Waals surface area (Å²) in [5.74, 6) is -0.259. The van der Waals surface area contributed by atoms with Gasteiger partial charge in [0, 0.05) is 13.2 Å². The van der Waals surface area contributed by atoms with Crippen molar-refractivity contribution in [2.24, 2.45) is 16.7 Å². The molecule has 0 aromatic carbocycles. The zero-order valence-electron chi connectivity index (χ0n) is 9.58. The van der Waals surface area contributed by atoms with Gasteiger partial charge in [-0.25, -0.2) is 0 Å². The molecule has 0 atom stereocenters. The fourth-order valence-electron chi connectivity index (χ4n) is 3.52. The Morgan fingerprint density at radius 2 is 1.80 bits per heavy atom. The van der Waals surface area contributed by atoms with Crippen molar-refractivity contribution in [2.75, 3.05) is 13.2 Å². The van der Waals surface area contributed by atoms with Gasteiger partial charge in [0.05, 0.1) is 5.41 Å². The second-order valence-electron chi connectivity index (χ2n) is 5.87. The molecule has 0 unspecified atom stereocenters. The SMILES string of the molecule is CC1(C)CC(C(=O)O)(C2CCOCC2)C1. The third-order valence-corrected chi connectivity index (χ3v) is 4.02. The van der Waals surface area contributed by atoms with Crippen molar-refractivity contribution in [3.05, 3.63) is 0 Å². The molecule has 0 aromatic heterocycles. The molecule has 2 aliphatic rings. The van der Waals surface area contributed by atoms with Crippen molar-refractivity contribution in [1.29, 1.82) is 0 Å². The fraction of sp³-hybridized carbons (Fsp3) is 0.917. The highest BCUT2D eigenvalue weighted by Crippen LogP contribution is 2.60. The van der Waals surface area contributed by atoms with E-state index in [0.717, 1.165) is 38.9 Å². The first kappa shape index (κ1) is 10.9. The molecule has 0 bridgehead atoms. The molecular weight excluding hydrogens is 192 g/mol. The van der Waals surface area contributed by atoms with Crippen molar-refractivity contribution in [2.45, 2.75) is 39.5 Å². The number of ether oxygens (including phenoxy) is 1. The maximum absolute atomic E-state index is 11.4. The molecule has 1 aliphatic carbocycles. The first-order valence-corrected chi connectivity index (χ1v) is 5.77. The van der Waals surface area contributed by atoms with E-state index in [1.807, 2.05) is 0 Å². The van der Waals surface area contributed by atoms with E-state index in [2.05, 4.69) is 13.8 Å². The monoisotopic (exact) mass is 212 g/mol. The second-order valence-corrected chi connectivity index (χ2v) is 5.87. The fourth-order valence-corrected chi connectivity index (χ4v) is 3.52. The molecule has 0 radical (unpaired) electrons. The van der Waals surface area contributed by atoms with Crippen LogP contribution in [0.25, 0.3) is 0 Å². The molecule has 86 valence electrons. The lowest BCUT2D eigenvalue weighted by molar-refractivity contribution is -0.177. The van der Waals surface area contributed by atoms with Crippen LogP contribution in [0.4, 0.5) is 0 Å². The minimum atomic E-state index is -0.589. The van der Waals surface area contributed by atoms with Crippen LogP contribution in [0.5, 0.6) is 0 Å². The van der Waals surface area contributed by atoms with Gasteiger partial charge in [0.2, 0.25) is 0 Å². The minimum Gasteiger partial charge on any atom is -0.481 e. The van der Waals surface area contributed by atoms with E-state index in [9.17, 15) is 9.90 Å². The van der Waals surface area contributed by atoms with E-state index in [4.69, 9.17) is 4.74 Å². The predicted molar refractivity (Wildman–Crippen MR) is 56.6 cm³/mol. The average molecular weight is 212 g/mol. The van der Waals surface area contributed by atoms with Gasteiger partial charge in [-0.15, -0.1) is 0 Å². The van der Waals surface area contributed by atoms with E-state index in [-0.39, 0.29) is 5.41 Å². The lowest BCUT2D eigenvalue weighted by Gasteiger charge is -2.55. The summed E-state index contributed by atoms with van der Waals surface area (Å²) >= 11 is 0. The topological polar surface area (TPSA) is 46.5 Å². The van der Waals surface area contributed by atoms with Crippen LogP contribution >= 0.6 is 0 Å². The molecule has 0 aromatic rings. The number of aliphatic carboxylic acids is 1. The number of hydrogen-bond donors (Lipinski definition) is 1. The van der Waals surface area contributed by atoms with Crippen LogP contribution < -0.4 is 0 Å². The second kappa shape index (κ2) is 3.48. The summed E-state index contributed by atoms with van der Waals surface area (Å²) < 4.78 is 5.30. The average Bonchev–Trinajstić information content (AvgIpc) is 2.14. The van der Waals surface area contributed by atoms with Crippen LogP contribution in [0.15, 0.2) is 0 Å². The highest BCUT2D eigenvalue weighted by molar-refractivity contribution is 5.76. The lowest BCUT2D eigenvalue weighted by Crippen LogP contribution is -2.54. The summed E-state index contributed by atoms with van der Waals surface area (Å²) in [4.78, 5) is 11.4. The number of hydrogen-bond acceptors (Lipinski definition) is 2. The van der Waals surface area contributed by atoms with E-state index in [1.165, 1.54) is 0 Å². The van der Waals surface area contributed by atoms with Crippen LogP contribution in [-0.2, 0) is 9.53 Å². The highest BCUT2D eigenvalue weighted by Gasteiger charge is 2.58. The Kier molecular flexibility index (Phi) is 2.53. The molecule has 15 heavy (non-hydrogen) atoms. The molecule has 1 heterocycles. The molecule has 3 nitrogen and oxygen atoms in total. The standard InChI is InChI=1S/C12H20O3/c1-11(2)7-12(8-11,10(13)14)9-3-5-15-6-4-9/h9H,3-8H2,1-2H3,(H,13,14). The summed E-state index contributed by atoms with van der Waals surface area (Å²) in [6.07, 6.45) is 3.50. The zero-order valence-corrected chi connectivity index (χ0v) is 9.58. The maximum Gasteiger partial charge on any atom is 0.309 e. The molecular formula is C12H20O3. The van der Waals surface area contributed by atoms with Crippen LogP contribution in [0, 0.1) is 16.7 Å². The van der Waals surface area contributed by atoms with Gasteiger partial charge in [-0.05, 0) is 37.0 Å². The quantitative estimate of drug-likeness (QED) is 0.764. The van der Waals surface area contributed by atoms with Gasteiger partial charge in [0.25, 0.3) is 0 Å². The van der Waals surface area contributed by atoms with Gasteiger partial charge in [-0.1, -0.05) is 13.8 Å². The molecule has 2 fully saturated rings. The number of carbonyl (C=O) groups is 1. The molecule has 1 saturated heterocycles. The maximum atomic E-state index is 11.4. The minimum absolute atomic E-state index is 0.219. The lowest BCUT2D eigenvalue weighted by atomic mass is 9.49. The van der Waals surface area contributed by atoms with Crippen molar-refractivity contribution < 1.29 is 14.6 Å². The third-order valence-electron chi connectivity index (χ3n) is 4.02. The van der Waals surface area contributed by atoms with Crippen LogP contribution in [-0.4, -0.2) is 24.3 Å². The smallest absolute Gasteiger partial charge is 0.309 e. The van der Waals surface area contributed by atoms with Crippen LogP contribution in [0.1, 0.15) is 39.5 Å². The van der Waals surface area contributed by atoms with Crippen molar-refractivity contribution in [3.63, 3.8) is 0 Å². The van der Waals surface area contributed by atoms with Crippen molar-refractivity contribution >= 4 is 5.97 Å². The Morgan fingerprint density at radius 1 is 1.27 bits per heavy atom. The van der Waals surface area contributed by atoms with E-state index >= 15 is 0 Å². The third kappa shape index (κ3) is 1.78. The van der Waals surface area contributed by atoms with Crippen molar-refractivity contribution in [3.8, 4) is 0 Å². The molecule has 1 N–H and O–H groups in total. The Morgan fingerprint density at radius 3 is 2.20 bits per heavy atom. The highest BCUT2D eigenvalue weighted by atomic mass is 16.5. The summed E-state index contributed by atoms with van der Waals surface area (Å²) in [5, 5.41) is 9.43. The number of carboxylic acid groups (broad SMARTS) is 1.